The first kappa shape index (κ1) is 10.5. The molecule has 0 bridgehead atoms. The molecule has 0 aliphatic heterocycles. The highest BCUT2D eigenvalue weighted by Gasteiger charge is 1.98. The van der Waals surface area contributed by atoms with Crippen molar-refractivity contribution in [2.24, 2.45) is 0 Å². The van der Waals surface area contributed by atoms with Crippen LogP contribution in [0.2, 0.25) is 0 Å². The number of hydrogen-bond acceptors (Lipinski definition) is 3. The first-order chi connectivity index (χ1) is 7.65. The van der Waals surface area contributed by atoms with Gasteiger partial charge in [0, 0.05) is 25.0 Å². The van der Waals surface area contributed by atoms with Crippen molar-refractivity contribution in [3.8, 4) is 0 Å². The molecule has 0 aliphatic carbocycles. The predicted octanol–water partition coefficient (Wildman–Crippen LogP) is 0.636. The third-order valence-corrected chi connectivity index (χ3v) is 2.38. The lowest BCUT2D eigenvalue weighted by molar-refractivity contribution is 0.525. The number of anilines is 1. The van der Waals surface area contributed by atoms with E-state index in [9.17, 15) is 4.79 Å². The lowest BCUT2D eigenvalue weighted by atomic mass is 10.3. The van der Waals surface area contributed by atoms with Crippen molar-refractivity contribution in [2.75, 3.05) is 5.73 Å². The van der Waals surface area contributed by atoms with E-state index >= 15 is 0 Å². The molecule has 5 nitrogen and oxygen atoms in total. The zero-order valence-electron chi connectivity index (χ0n) is 9.13. The summed E-state index contributed by atoms with van der Waals surface area (Å²) < 4.78 is 3.38. The molecule has 0 saturated carbocycles. The SMILES string of the molecule is Cc1ccn(CCn2ccc(N)n2)c(=O)c1. The molecular weight excluding hydrogens is 204 g/mol. The van der Waals surface area contributed by atoms with Gasteiger partial charge >= 0.3 is 0 Å². The molecule has 0 aliphatic rings. The van der Waals surface area contributed by atoms with Crippen LogP contribution < -0.4 is 11.3 Å². The number of aryl methyl sites for hydroxylation is 3. The van der Waals surface area contributed by atoms with Gasteiger partial charge in [0.15, 0.2) is 0 Å². The Labute approximate surface area is 93.1 Å². The van der Waals surface area contributed by atoms with Crippen LogP contribution in [-0.2, 0) is 13.1 Å². The minimum Gasteiger partial charge on any atom is -0.382 e. The van der Waals surface area contributed by atoms with Crippen molar-refractivity contribution >= 4 is 5.82 Å². The van der Waals surface area contributed by atoms with Crippen molar-refractivity contribution in [1.82, 2.24) is 14.3 Å². The second kappa shape index (κ2) is 4.22. The Morgan fingerprint density at radius 2 is 2.12 bits per heavy atom. The Morgan fingerprint density at radius 3 is 2.75 bits per heavy atom. The average Bonchev–Trinajstić information content (AvgIpc) is 2.63. The molecule has 2 rings (SSSR count). The highest BCUT2D eigenvalue weighted by molar-refractivity contribution is 5.23. The van der Waals surface area contributed by atoms with E-state index < -0.39 is 0 Å². The van der Waals surface area contributed by atoms with Crippen LogP contribution in [0.4, 0.5) is 5.82 Å². The lowest BCUT2D eigenvalue weighted by Gasteiger charge is -2.05. The number of pyridine rings is 1. The second-order valence-electron chi connectivity index (χ2n) is 3.74. The highest BCUT2D eigenvalue weighted by atomic mass is 16.1. The standard InChI is InChI=1S/C11H14N4O/c1-9-2-4-14(11(16)8-9)6-7-15-5-3-10(12)13-15/h2-5,8H,6-7H2,1H3,(H2,12,13). The van der Waals surface area contributed by atoms with Gasteiger partial charge in [0.05, 0.1) is 6.54 Å². The molecule has 0 unspecified atom stereocenters. The largest absolute Gasteiger partial charge is 0.382 e. The molecule has 2 aromatic rings. The van der Waals surface area contributed by atoms with Gasteiger partial charge in [-0.2, -0.15) is 5.10 Å². The number of aromatic nitrogens is 3. The summed E-state index contributed by atoms with van der Waals surface area (Å²) in [5.74, 6) is 0.497. The fraction of sp³-hybridized carbons (Fsp3) is 0.273. The van der Waals surface area contributed by atoms with Gasteiger partial charge in [0.25, 0.3) is 5.56 Å². The Balaban J connectivity index is 2.07. The summed E-state index contributed by atoms with van der Waals surface area (Å²) in [5, 5.41) is 4.05. The van der Waals surface area contributed by atoms with Gasteiger partial charge in [0.2, 0.25) is 0 Å². The van der Waals surface area contributed by atoms with Crippen molar-refractivity contribution in [3.63, 3.8) is 0 Å². The molecule has 0 atom stereocenters. The molecular formula is C11H14N4O. The fourth-order valence-electron chi connectivity index (χ4n) is 1.50. The summed E-state index contributed by atoms with van der Waals surface area (Å²) >= 11 is 0. The quantitative estimate of drug-likeness (QED) is 0.822. The van der Waals surface area contributed by atoms with Gasteiger partial charge in [-0.3, -0.25) is 9.48 Å². The molecule has 2 aromatic heterocycles. The van der Waals surface area contributed by atoms with Crippen molar-refractivity contribution in [3.05, 3.63) is 46.5 Å². The van der Waals surface area contributed by atoms with E-state index in [0.717, 1.165) is 5.56 Å². The summed E-state index contributed by atoms with van der Waals surface area (Å²) in [7, 11) is 0. The number of hydrogen-bond donors (Lipinski definition) is 1. The van der Waals surface area contributed by atoms with Crippen LogP contribution in [0.1, 0.15) is 5.56 Å². The maximum atomic E-state index is 11.6. The molecule has 0 amide bonds. The van der Waals surface area contributed by atoms with Gasteiger partial charge in [-0.05, 0) is 24.6 Å². The topological polar surface area (TPSA) is 65.8 Å². The Bertz CT molecular complexity index is 541. The van der Waals surface area contributed by atoms with E-state index in [2.05, 4.69) is 5.10 Å². The minimum absolute atomic E-state index is 0.0140. The molecule has 0 aromatic carbocycles. The predicted molar refractivity (Wildman–Crippen MR) is 62.1 cm³/mol. The molecule has 0 saturated heterocycles. The summed E-state index contributed by atoms with van der Waals surface area (Å²) in [6.45, 7) is 3.14. The van der Waals surface area contributed by atoms with Crippen LogP contribution in [0.5, 0.6) is 0 Å². The lowest BCUT2D eigenvalue weighted by Crippen LogP contribution is -2.21. The summed E-state index contributed by atoms with van der Waals surface area (Å²) in [4.78, 5) is 11.6. The third kappa shape index (κ3) is 2.31. The zero-order chi connectivity index (χ0) is 11.5. The number of nitrogen functional groups attached to an aromatic ring is 1. The number of rotatable bonds is 3. The molecule has 84 valence electrons. The number of nitrogens with two attached hydrogens (primary N) is 1. The van der Waals surface area contributed by atoms with Gasteiger partial charge < -0.3 is 10.3 Å². The summed E-state index contributed by atoms with van der Waals surface area (Å²) in [6, 6.07) is 5.27. The van der Waals surface area contributed by atoms with E-state index in [0.29, 0.717) is 18.9 Å². The fourth-order valence-corrected chi connectivity index (χ4v) is 1.50. The molecule has 16 heavy (non-hydrogen) atoms. The summed E-state index contributed by atoms with van der Waals surface area (Å²) in [6.07, 6.45) is 3.60. The van der Waals surface area contributed by atoms with E-state index in [4.69, 9.17) is 5.73 Å². The third-order valence-electron chi connectivity index (χ3n) is 2.38. The highest BCUT2D eigenvalue weighted by Crippen LogP contribution is 1.97. The van der Waals surface area contributed by atoms with E-state index in [1.807, 2.05) is 13.0 Å². The van der Waals surface area contributed by atoms with Crippen molar-refractivity contribution in [1.29, 1.82) is 0 Å². The molecule has 2 N–H and O–H groups in total. The Kier molecular flexibility index (Phi) is 2.76. The maximum Gasteiger partial charge on any atom is 0.250 e. The zero-order valence-corrected chi connectivity index (χ0v) is 9.13. The van der Waals surface area contributed by atoms with Gasteiger partial charge in [-0.15, -0.1) is 0 Å². The molecule has 2 heterocycles. The average molecular weight is 218 g/mol. The van der Waals surface area contributed by atoms with Crippen LogP contribution in [-0.4, -0.2) is 14.3 Å². The van der Waals surface area contributed by atoms with E-state index in [1.165, 1.54) is 0 Å². The number of nitrogens with zero attached hydrogens (tertiary/aromatic N) is 3. The van der Waals surface area contributed by atoms with Gasteiger partial charge in [-0.25, -0.2) is 0 Å². The van der Waals surface area contributed by atoms with Crippen LogP contribution in [0, 0.1) is 6.92 Å². The van der Waals surface area contributed by atoms with Gasteiger partial charge in [-0.1, -0.05) is 0 Å². The van der Waals surface area contributed by atoms with Crippen LogP contribution in [0.15, 0.2) is 35.4 Å². The summed E-state index contributed by atoms with van der Waals surface area (Å²) in [5.41, 5.74) is 6.49. The van der Waals surface area contributed by atoms with Gasteiger partial charge in [0.1, 0.15) is 5.82 Å². The van der Waals surface area contributed by atoms with Crippen LogP contribution >= 0.6 is 0 Å². The first-order valence-corrected chi connectivity index (χ1v) is 5.11. The molecule has 0 fully saturated rings. The maximum absolute atomic E-state index is 11.6. The monoisotopic (exact) mass is 218 g/mol. The van der Waals surface area contributed by atoms with Crippen molar-refractivity contribution < 1.29 is 0 Å². The molecule has 0 spiro atoms. The first-order valence-electron chi connectivity index (χ1n) is 5.11. The second-order valence-corrected chi connectivity index (χ2v) is 3.74. The Hall–Kier alpha value is -2.04. The normalized spacial score (nSPS) is 10.6. The smallest absolute Gasteiger partial charge is 0.250 e. The van der Waals surface area contributed by atoms with Crippen LogP contribution in [0.3, 0.4) is 0 Å². The molecule has 5 heteroatoms. The van der Waals surface area contributed by atoms with Crippen molar-refractivity contribution in [2.45, 2.75) is 20.0 Å². The van der Waals surface area contributed by atoms with Crippen LogP contribution in [0.25, 0.3) is 0 Å². The Morgan fingerprint density at radius 1 is 1.31 bits per heavy atom. The minimum atomic E-state index is 0.0140. The van der Waals surface area contributed by atoms with E-state index in [1.54, 1.807) is 33.8 Å². The van der Waals surface area contributed by atoms with E-state index in [-0.39, 0.29) is 5.56 Å². The molecule has 0 radical (unpaired) electrons.